The van der Waals surface area contributed by atoms with Gasteiger partial charge in [-0.15, -0.1) is 0 Å². The number of allylic oxidation sites excluding steroid dienone is 2. The second-order valence-corrected chi connectivity index (χ2v) is 6.19. The summed E-state index contributed by atoms with van der Waals surface area (Å²) in [4.78, 5) is 12.0. The maximum Gasteiger partial charge on any atom is 0.178 e. The predicted molar refractivity (Wildman–Crippen MR) is 113 cm³/mol. The lowest BCUT2D eigenvalue weighted by Crippen LogP contribution is -1.94. The Kier molecular flexibility index (Phi) is 6.80. The number of ether oxygens (including phenoxy) is 2. The van der Waals surface area contributed by atoms with Crippen LogP contribution in [0.5, 0.6) is 11.5 Å². The molecule has 0 aliphatic rings. The summed E-state index contributed by atoms with van der Waals surface area (Å²) in [7, 11) is 1.62. The molecule has 0 amide bonds. The third-order valence-electron chi connectivity index (χ3n) is 4.10. The Balaban J connectivity index is 1.53. The topological polar surface area (TPSA) is 35.5 Å². The maximum absolute atomic E-state index is 12.0. The fraction of sp³-hybridized carbons (Fsp3) is 0.0800. The molecule has 0 aliphatic carbocycles. The summed E-state index contributed by atoms with van der Waals surface area (Å²) in [6, 6.07) is 25.2. The average Bonchev–Trinajstić information content (AvgIpc) is 2.76. The van der Waals surface area contributed by atoms with Crippen molar-refractivity contribution in [3.05, 3.63) is 108 Å². The van der Waals surface area contributed by atoms with Gasteiger partial charge in [-0.25, -0.2) is 0 Å². The van der Waals surface area contributed by atoms with Gasteiger partial charge < -0.3 is 9.47 Å². The second kappa shape index (κ2) is 9.93. The minimum absolute atomic E-state index is 0.0766. The number of hydrogen-bond acceptors (Lipinski definition) is 3. The van der Waals surface area contributed by atoms with Crippen molar-refractivity contribution in [2.24, 2.45) is 0 Å². The van der Waals surface area contributed by atoms with E-state index >= 15 is 0 Å². The van der Waals surface area contributed by atoms with Crippen molar-refractivity contribution < 1.29 is 14.3 Å². The molecule has 0 aliphatic heterocycles. The molecule has 0 N–H and O–H groups in total. The van der Waals surface area contributed by atoms with E-state index < -0.39 is 0 Å². The lowest BCUT2D eigenvalue weighted by molar-refractivity contribution is -0.110. The van der Waals surface area contributed by atoms with Crippen LogP contribution < -0.4 is 9.47 Å². The van der Waals surface area contributed by atoms with Crippen LogP contribution >= 0.6 is 0 Å². The molecular weight excluding hydrogens is 348 g/mol. The van der Waals surface area contributed by atoms with Gasteiger partial charge in [0, 0.05) is 0 Å². The number of rotatable bonds is 8. The zero-order valence-electron chi connectivity index (χ0n) is 15.7. The molecule has 0 fully saturated rings. The molecular formula is C25H22O3. The predicted octanol–water partition coefficient (Wildman–Crippen LogP) is 5.57. The van der Waals surface area contributed by atoms with Crippen LogP contribution in [-0.2, 0) is 11.4 Å². The summed E-state index contributed by atoms with van der Waals surface area (Å²) in [5, 5.41) is 0. The van der Waals surface area contributed by atoms with Gasteiger partial charge in [0.25, 0.3) is 0 Å². The van der Waals surface area contributed by atoms with Gasteiger partial charge in [0.15, 0.2) is 5.78 Å². The third kappa shape index (κ3) is 5.99. The van der Waals surface area contributed by atoms with E-state index in [1.165, 1.54) is 0 Å². The molecule has 0 unspecified atom stereocenters. The van der Waals surface area contributed by atoms with Crippen molar-refractivity contribution in [3.8, 4) is 11.5 Å². The molecule has 0 saturated carbocycles. The van der Waals surface area contributed by atoms with E-state index in [0.29, 0.717) is 6.61 Å². The molecule has 3 aromatic rings. The SMILES string of the molecule is COc1cccc(C=CC(=O)C=Cc2ccc(OCc3ccccc3)cc2)c1. The van der Waals surface area contributed by atoms with E-state index in [9.17, 15) is 4.79 Å². The Morgan fingerprint density at radius 3 is 2.21 bits per heavy atom. The van der Waals surface area contributed by atoms with Gasteiger partial charge in [0.05, 0.1) is 7.11 Å². The molecule has 0 atom stereocenters. The number of carbonyl (C=O) groups excluding carboxylic acids is 1. The molecule has 3 rings (SSSR count). The first-order chi connectivity index (χ1) is 13.7. The highest BCUT2D eigenvalue weighted by Crippen LogP contribution is 2.16. The zero-order chi connectivity index (χ0) is 19.6. The monoisotopic (exact) mass is 370 g/mol. The molecule has 0 saturated heterocycles. The van der Waals surface area contributed by atoms with E-state index in [0.717, 1.165) is 28.2 Å². The van der Waals surface area contributed by atoms with Gasteiger partial charge in [0.1, 0.15) is 18.1 Å². The minimum atomic E-state index is -0.0766. The quantitative estimate of drug-likeness (QED) is 0.486. The van der Waals surface area contributed by atoms with Crippen LogP contribution in [0, 0.1) is 0 Å². The highest BCUT2D eigenvalue weighted by Gasteiger charge is 1.97. The van der Waals surface area contributed by atoms with Crippen molar-refractivity contribution in [1.82, 2.24) is 0 Å². The summed E-state index contributed by atoms with van der Waals surface area (Å²) in [6.07, 6.45) is 6.66. The first kappa shape index (κ1) is 19.2. The lowest BCUT2D eigenvalue weighted by atomic mass is 10.1. The molecule has 3 nitrogen and oxygen atoms in total. The molecule has 0 heterocycles. The van der Waals surface area contributed by atoms with E-state index in [2.05, 4.69) is 0 Å². The highest BCUT2D eigenvalue weighted by molar-refractivity contribution is 6.04. The van der Waals surface area contributed by atoms with Crippen LogP contribution in [0.25, 0.3) is 12.2 Å². The number of benzene rings is 3. The zero-order valence-corrected chi connectivity index (χ0v) is 15.7. The van der Waals surface area contributed by atoms with Gasteiger partial charge in [-0.3, -0.25) is 4.79 Å². The van der Waals surface area contributed by atoms with Crippen LogP contribution in [-0.4, -0.2) is 12.9 Å². The Labute approximate surface area is 165 Å². The molecule has 28 heavy (non-hydrogen) atoms. The van der Waals surface area contributed by atoms with Crippen molar-refractivity contribution >= 4 is 17.9 Å². The normalized spacial score (nSPS) is 11.0. The molecule has 0 radical (unpaired) electrons. The van der Waals surface area contributed by atoms with Gasteiger partial charge in [-0.1, -0.05) is 66.7 Å². The number of ketones is 1. The van der Waals surface area contributed by atoms with E-state index in [-0.39, 0.29) is 5.78 Å². The third-order valence-corrected chi connectivity index (χ3v) is 4.10. The van der Waals surface area contributed by atoms with Gasteiger partial charge in [0.2, 0.25) is 0 Å². The summed E-state index contributed by atoms with van der Waals surface area (Å²) >= 11 is 0. The summed E-state index contributed by atoms with van der Waals surface area (Å²) in [5.74, 6) is 1.48. The molecule has 0 aromatic heterocycles. The molecule has 0 bridgehead atoms. The summed E-state index contributed by atoms with van der Waals surface area (Å²) in [5.41, 5.74) is 2.98. The number of methoxy groups -OCH3 is 1. The van der Waals surface area contributed by atoms with E-state index in [1.807, 2.05) is 78.9 Å². The molecule has 3 aromatic carbocycles. The number of hydrogen-bond donors (Lipinski definition) is 0. The Bertz CT molecular complexity index is 955. The fourth-order valence-corrected chi connectivity index (χ4v) is 2.57. The number of carbonyl (C=O) groups is 1. The van der Waals surface area contributed by atoms with Crippen LogP contribution in [0.4, 0.5) is 0 Å². The lowest BCUT2D eigenvalue weighted by Gasteiger charge is -2.06. The Morgan fingerprint density at radius 2 is 1.50 bits per heavy atom. The van der Waals surface area contributed by atoms with Crippen LogP contribution in [0.2, 0.25) is 0 Å². The van der Waals surface area contributed by atoms with Gasteiger partial charge in [-0.2, -0.15) is 0 Å². The van der Waals surface area contributed by atoms with Crippen LogP contribution in [0.15, 0.2) is 91.0 Å². The van der Waals surface area contributed by atoms with Crippen molar-refractivity contribution in [2.45, 2.75) is 6.61 Å². The molecule has 0 spiro atoms. The Hall–Kier alpha value is -3.59. The van der Waals surface area contributed by atoms with Crippen molar-refractivity contribution in [3.63, 3.8) is 0 Å². The van der Waals surface area contributed by atoms with Gasteiger partial charge >= 0.3 is 0 Å². The summed E-state index contributed by atoms with van der Waals surface area (Å²) in [6.45, 7) is 0.531. The second-order valence-electron chi connectivity index (χ2n) is 6.19. The van der Waals surface area contributed by atoms with Crippen molar-refractivity contribution in [2.75, 3.05) is 7.11 Å². The largest absolute Gasteiger partial charge is 0.497 e. The van der Waals surface area contributed by atoms with E-state index in [4.69, 9.17) is 9.47 Å². The maximum atomic E-state index is 12.0. The smallest absolute Gasteiger partial charge is 0.178 e. The average molecular weight is 370 g/mol. The first-order valence-electron chi connectivity index (χ1n) is 9.04. The summed E-state index contributed by atoms with van der Waals surface area (Å²) < 4.78 is 10.9. The van der Waals surface area contributed by atoms with Gasteiger partial charge in [-0.05, 0) is 53.1 Å². The first-order valence-corrected chi connectivity index (χ1v) is 9.04. The van der Waals surface area contributed by atoms with Crippen molar-refractivity contribution in [1.29, 1.82) is 0 Å². The Morgan fingerprint density at radius 1 is 0.786 bits per heavy atom. The van der Waals surface area contributed by atoms with Crippen LogP contribution in [0.3, 0.4) is 0 Å². The molecule has 140 valence electrons. The highest BCUT2D eigenvalue weighted by atomic mass is 16.5. The standard InChI is InChI=1S/C25H22O3/c1-27-25-9-5-8-21(18-25)11-15-23(26)14-10-20-12-16-24(17-13-20)28-19-22-6-3-2-4-7-22/h2-18H,19H2,1H3. The van der Waals surface area contributed by atoms with E-state index in [1.54, 1.807) is 31.4 Å². The van der Waals surface area contributed by atoms with Crippen LogP contribution in [0.1, 0.15) is 16.7 Å². The molecule has 3 heteroatoms. The minimum Gasteiger partial charge on any atom is -0.497 e. The fourth-order valence-electron chi connectivity index (χ4n) is 2.57.